The fourth-order valence-corrected chi connectivity index (χ4v) is 1.58. The molecule has 0 fully saturated rings. The van der Waals surface area contributed by atoms with Crippen LogP contribution in [0.1, 0.15) is 20.3 Å². The highest BCUT2D eigenvalue weighted by Crippen LogP contribution is 2.31. The number of benzene rings is 1. The molecule has 1 rings (SSSR count). The number of nitrogens with two attached hydrogens (primary N) is 1. The van der Waals surface area contributed by atoms with Gasteiger partial charge in [-0.15, -0.1) is 0 Å². The Morgan fingerprint density at radius 1 is 1.37 bits per heavy atom. The number of hydrogen-bond donors (Lipinski definition) is 2. The second-order valence-electron chi connectivity index (χ2n) is 4.64. The summed E-state index contributed by atoms with van der Waals surface area (Å²) in [5, 5.41) is 2.85. The second-order valence-corrected chi connectivity index (χ2v) is 4.64. The minimum atomic E-state index is -0.589. The van der Waals surface area contributed by atoms with Gasteiger partial charge < -0.3 is 20.5 Å². The zero-order valence-electron chi connectivity index (χ0n) is 11.9. The summed E-state index contributed by atoms with van der Waals surface area (Å²) in [6.07, 6.45) is 0.668. The maximum atomic E-state index is 12.3. The van der Waals surface area contributed by atoms with Gasteiger partial charge in [0, 0.05) is 12.6 Å². The lowest BCUT2D eigenvalue weighted by atomic mass is 9.86. The number of nitrogens with one attached hydrogen (secondary N) is 1. The zero-order valence-corrected chi connectivity index (χ0v) is 11.9. The van der Waals surface area contributed by atoms with Gasteiger partial charge in [-0.2, -0.15) is 0 Å². The maximum absolute atomic E-state index is 12.3. The first kappa shape index (κ1) is 15.3. The van der Waals surface area contributed by atoms with E-state index in [1.54, 1.807) is 32.4 Å². The highest BCUT2D eigenvalue weighted by Gasteiger charge is 2.30. The quantitative estimate of drug-likeness (QED) is 0.826. The Balaban J connectivity index is 3.01. The van der Waals surface area contributed by atoms with Crippen molar-refractivity contribution in [2.75, 3.05) is 26.1 Å². The Labute approximate surface area is 114 Å². The monoisotopic (exact) mass is 266 g/mol. The molecular formula is C14H22N2O3. The summed E-state index contributed by atoms with van der Waals surface area (Å²) in [6.45, 7) is 4.08. The van der Waals surface area contributed by atoms with Gasteiger partial charge in [-0.3, -0.25) is 4.79 Å². The van der Waals surface area contributed by atoms with Crippen molar-refractivity contribution in [3.63, 3.8) is 0 Å². The third-order valence-electron chi connectivity index (χ3n) is 3.43. The van der Waals surface area contributed by atoms with Crippen molar-refractivity contribution < 1.29 is 14.3 Å². The van der Waals surface area contributed by atoms with Crippen molar-refractivity contribution in [3.05, 3.63) is 18.2 Å². The number of carbonyl (C=O) groups excluding carboxylic acids is 1. The summed E-state index contributed by atoms with van der Waals surface area (Å²) in [4.78, 5) is 12.3. The minimum Gasteiger partial charge on any atom is -0.497 e. The van der Waals surface area contributed by atoms with Crippen LogP contribution in [0, 0.1) is 5.41 Å². The van der Waals surface area contributed by atoms with Crippen LogP contribution < -0.4 is 20.5 Å². The molecule has 3 N–H and O–H groups in total. The van der Waals surface area contributed by atoms with Crippen LogP contribution in [-0.4, -0.2) is 26.7 Å². The van der Waals surface area contributed by atoms with Crippen LogP contribution in [0.2, 0.25) is 0 Å². The molecule has 1 amide bonds. The highest BCUT2D eigenvalue weighted by molar-refractivity contribution is 5.96. The predicted octanol–water partition coefficient (Wildman–Crippen LogP) is 2.02. The van der Waals surface area contributed by atoms with Crippen LogP contribution in [0.3, 0.4) is 0 Å². The van der Waals surface area contributed by atoms with Crippen molar-refractivity contribution >= 4 is 11.6 Å². The molecule has 0 saturated heterocycles. The Hall–Kier alpha value is -1.75. The molecule has 0 saturated carbocycles. The average Bonchev–Trinajstić information content (AvgIpc) is 2.46. The number of hydrogen-bond acceptors (Lipinski definition) is 4. The molecule has 1 aromatic carbocycles. The van der Waals surface area contributed by atoms with Crippen LogP contribution in [0.4, 0.5) is 5.69 Å². The lowest BCUT2D eigenvalue weighted by Gasteiger charge is -2.25. The fraction of sp³-hybridized carbons (Fsp3) is 0.500. The fourth-order valence-electron chi connectivity index (χ4n) is 1.58. The van der Waals surface area contributed by atoms with Crippen molar-refractivity contribution in [2.45, 2.75) is 20.3 Å². The van der Waals surface area contributed by atoms with Gasteiger partial charge in [-0.05, 0) is 25.5 Å². The van der Waals surface area contributed by atoms with Crippen molar-refractivity contribution in [3.8, 4) is 11.5 Å². The molecule has 0 aliphatic rings. The van der Waals surface area contributed by atoms with Gasteiger partial charge in [0.2, 0.25) is 5.91 Å². The molecule has 0 aromatic heterocycles. The zero-order chi connectivity index (χ0) is 14.5. The first-order valence-corrected chi connectivity index (χ1v) is 6.24. The normalized spacial score (nSPS) is 13.5. The van der Waals surface area contributed by atoms with Gasteiger partial charge in [0.25, 0.3) is 0 Å². The molecule has 0 aliphatic heterocycles. The smallest absolute Gasteiger partial charge is 0.231 e. The van der Waals surface area contributed by atoms with Crippen LogP contribution in [0.15, 0.2) is 18.2 Å². The molecule has 0 radical (unpaired) electrons. The molecular weight excluding hydrogens is 244 g/mol. The SMILES string of the molecule is CCC(C)(CN)C(=O)Nc1cc(OC)ccc1OC. The Bertz CT molecular complexity index is 442. The molecule has 106 valence electrons. The van der Waals surface area contributed by atoms with E-state index in [0.29, 0.717) is 30.2 Å². The molecule has 0 aliphatic carbocycles. The van der Waals surface area contributed by atoms with E-state index < -0.39 is 5.41 Å². The maximum Gasteiger partial charge on any atom is 0.231 e. The van der Waals surface area contributed by atoms with Gasteiger partial charge in [0.05, 0.1) is 25.3 Å². The van der Waals surface area contributed by atoms with E-state index in [1.165, 1.54) is 0 Å². The van der Waals surface area contributed by atoms with E-state index in [2.05, 4.69) is 5.32 Å². The van der Waals surface area contributed by atoms with Gasteiger partial charge in [-0.1, -0.05) is 6.92 Å². The third-order valence-corrected chi connectivity index (χ3v) is 3.43. The topological polar surface area (TPSA) is 73.6 Å². The van der Waals surface area contributed by atoms with Crippen LogP contribution in [0.25, 0.3) is 0 Å². The largest absolute Gasteiger partial charge is 0.497 e. The van der Waals surface area contributed by atoms with E-state index in [-0.39, 0.29) is 5.91 Å². The number of methoxy groups -OCH3 is 2. The van der Waals surface area contributed by atoms with Gasteiger partial charge in [-0.25, -0.2) is 0 Å². The highest BCUT2D eigenvalue weighted by atomic mass is 16.5. The summed E-state index contributed by atoms with van der Waals surface area (Å²) >= 11 is 0. The lowest BCUT2D eigenvalue weighted by Crippen LogP contribution is -2.39. The molecule has 0 spiro atoms. The molecule has 0 bridgehead atoms. The first-order valence-electron chi connectivity index (χ1n) is 6.24. The summed E-state index contributed by atoms with van der Waals surface area (Å²) in [6, 6.07) is 5.25. The van der Waals surface area contributed by atoms with E-state index in [1.807, 2.05) is 13.8 Å². The molecule has 5 heteroatoms. The van der Waals surface area contributed by atoms with Crippen LogP contribution >= 0.6 is 0 Å². The minimum absolute atomic E-state index is 0.121. The van der Waals surface area contributed by atoms with Gasteiger partial charge in [0.15, 0.2) is 0 Å². The molecule has 0 heterocycles. The molecule has 1 unspecified atom stereocenters. The van der Waals surface area contributed by atoms with Crippen molar-refractivity contribution in [2.24, 2.45) is 11.1 Å². The van der Waals surface area contributed by atoms with Crippen molar-refractivity contribution in [1.29, 1.82) is 0 Å². The second kappa shape index (κ2) is 6.43. The lowest BCUT2D eigenvalue weighted by molar-refractivity contribution is -0.124. The number of amides is 1. The Morgan fingerprint density at radius 3 is 2.53 bits per heavy atom. The molecule has 19 heavy (non-hydrogen) atoms. The molecule has 1 aromatic rings. The molecule has 5 nitrogen and oxygen atoms in total. The van der Waals surface area contributed by atoms with E-state index >= 15 is 0 Å². The number of rotatable bonds is 6. The van der Waals surface area contributed by atoms with Gasteiger partial charge >= 0.3 is 0 Å². The summed E-state index contributed by atoms with van der Waals surface area (Å²) in [5.41, 5.74) is 5.68. The number of carbonyl (C=O) groups is 1. The Morgan fingerprint density at radius 2 is 2.05 bits per heavy atom. The predicted molar refractivity (Wildman–Crippen MR) is 75.6 cm³/mol. The summed E-state index contributed by atoms with van der Waals surface area (Å²) in [7, 11) is 3.13. The van der Waals surface area contributed by atoms with Gasteiger partial charge in [0.1, 0.15) is 11.5 Å². The number of anilines is 1. The van der Waals surface area contributed by atoms with Crippen LogP contribution in [0.5, 0.6) is 11.5 Å². The third kappa shape index (κ3) is 3.38. The summed E-state index contributed by atoms with van der Waals surface area (Å²) < 4.78 is 10.4. The van der Waals surface area contributed by atoms with Crippen molar-refractivity contribution in [1.82, 2.24) is 0 Å². The molecule has 1 atom stereocenters. The average molecular weight is 266 g/mol. The van der Waals surface area contributed by atoms with E-state index in [9.17, 15) is 4.79 Å². The standard InChI is InChI=1S/C14H22N2O3/c1-5-14(2,9-15)13(17)16-11-8-10(18-3)6-7-12(11)19-4/h6-8H,5,9,15H2,1-4H3,(H,16,17). The summed E-state index contributed by atoms with van der Waals surface area (Å²) in [5.74, 6) is 1.12. The Kier molecular flexibility index (Phi) is 5.18. The van der Waals surface area contributed by atoms with E-state index in [0.717, 1.165) is 0 Å². The first-order chi connectivity index (χ1) is 9.00. The van der Waals surface area contributed by atoms with Crippen LogP contribution in [-0.2, 0) is 4.79 Å². The van der Waals surface area contributed by atoms with E-state index in [4.69, 9.17) is 15.2 Å². The number of ether oxygens (including phenoxy) is 2.